The molecule has 0 aliphatic carbocycles. The smallest absolute Gasteiger partial charge is 0.280 e. The van der Waals surface area contributed by atoms with Crippen molar-refractivity contribution in [2.75, 3.05) is 0 Å². The van der Waals surface area contributed by atoms with Crippen LogP contribution in [-0.2, 0) is 0 Å². The normalized spacial score (nSPS) is 10.2. The zero-order valence-electron chi connectivity index (χ0n) is 7.61. The first-order chi connectivity index (χ1) is 7.25. The van der Waals surface area contributed by atoms with Gasteiger partial charge in [-0.05, 0) is 12.1 Å². The van der Waals surface area contributed by atoms with E-state index in [1.54, 1.807) is 0 Å². The van der Waals surface area contributed by atoms with Crippen molar-refractivity contribution >= 4 is 23.4 Å². The molecule has 1 N–H and O–H groups in total. The molecular weight excluding hydrogens is 232 g/mol. The summed E-state index contributed by atoms with van der Waals surface area (Å²) in [5, 5.41) is 0.640. The number of nitrogens with one attached hydrogen (secondary N) is 1. The molecule has 0 amide bonds. The zero-order chi connectivity index (χ0) is 10.7. The summed E-state index contributed by atoms with van der Waals surface area (Å²) in [6.45, 7) is 0. The van der Waals surface area contributed by atoms with Crippen molar-refractivity contribution < 1.29 is 0 Å². The molecule has 0 fully saturated rings. The van der Waals surface area contributed by atoms with E-state index in [0.717, 1.165) is 4.90 Å². The van der Waals surface area contributed by atoms with Crippen LogP contribution in [0, 0.1) is 0 Å². The maximum atomic E-state index is 11.4. The minimum absolute atomic E-state index is 0.228. The van der Waals surface area contributed by atoms with E-state index in [2.05, 4.69) is 9.97 Å². The molecule has 15 heavy (non-hydrogen) atoms. The predicted octanol–water partition coefficient (Wildman–Crippen LogP) is 2.57. The Morgan fingerprint density at radius 2 is 2.00 bits per heavy atom. The SMILES string of the molecule is O=c1[nH]cc(Cl)nc1Sc1ccccc1. The molecule has 0 saturated carbocycles. The monoisotopic (exact) mass is 238 g/mol. The molecule has 1 aromatic heterocycles. The number of nitrogens with zero attached hydrogens (tertiary/aromatic N) is 1. The van der Waals surface area contributed by atoms with E-state index in [1.807, 2.05) is 30.3 Å². The number of hydrogen-bond acceptors (Lipinski definition) is 3. The second-order valence-electron chi connectivity index (χ2n) is 2.77. The summed E-state index contributed by atoms with van der Waals surface area (Å²) in [5.74, 6) is 0. The van der Waals surface area contributed by atoms with Crippen LogP contribution in [0.25, 0.3) is 0 Å². The van der Waals surface area contributed by atoms with Crippen LogP contribution in [-0.4, -0.2) is 9.97 Å². The summed E-state index contributed by atoms with van der Waals surface area (Å²) < 4.78 is 0. The van der Waals surface area contributed by atoms with Crippen molar-refractivity contribution in [2.24, 2.45) is 0 Å². The Bertz CT molecular complexity index is 512. The maximum absolute atomic E-state index is 11.4. The van der Waals surface area contributed by atoms with E-state index in [0.29, 0.717) is 5.03 Å². The second-order valence-corrected chi connectivity index (χ2v) is 4.22. The van der Waals surface area contributed by atoms with Crippen LogP contribution in [0.3, 0.4) is 0 Å². The van der Waals surface area contributed by atoms with Crippen molar-refractivity contribution in [3.63, 3.8) is 0 Å². The molecule has 0 aliphatic heterocycles. The topological polar surface area (TPSA) is 45.8 Å². The molecule has 2 aromatic rings. The fourth-order valence-corrected chi connectivity index (χ4v) is 2.04. The highest BCUT2D eigenvalue weighted by molar-refractivity contribution is 7.99. The fourth-order valence-electron chi connectivity index (χ4n) is 1.04. The number of rotatable bonds is 2. The molecular formula is C10H7ClN2OS. The highest BCUT2D eigenvalue weighted by Gasteiger charge is 2.04. The standard InChI is InChI=1S/C10H7ClN2OS/c11-8-6-12-9(14)10(13-8)15-7-4-2-1-3-5-7/h1-6H,(H,12,14). The van der Waals surface area contributed by atoms with E-state index < -0.39 is 0 Å². The number of halogens is 1. The Balaban J connectivity index is 2.32. The lowest BCUT2D eigenvalue weighted by Gasteiger charge is -1.99. The van der Waals surface area contributed by atoms with Gasteiger partial charge in [-0.15, -0.1) is 0 Å². The van der Waals surface area contributed by atoms with Gasteiger partial charge in [0.05, 0.1) is 0 Å². The molecule has 0 radical (unpaired) electrons. The van der Waals surface area contributed by atoms with Gasteiger partial charge in [0.25, 0.3) is 5.56 Å². The number of benzene rings is 1. The van der Waals surface area contributed by atoms with Gasteiger partial charge in [0.15, 0.2) is 5.03 Å². The predicted molar refractivity (Wildman–Crippen MR) is 60.4 cm³/mol. The third-order valence-electron chi connectivity index (χ3n) is 1.68. The highest BCUT2D eigenvalue weighted by Crippen LogP contribution is 2.23. The average molecular weight is 239 g/mol. The van der Waals surface area contributed by atoms with Crippen LogP contribution < -0.4 is 5.56 Å². The number of aromatic amines is 1. The quantitative estimate of drug-likeness (QED) is 0.875. The van der Waals surface area contributed by atoms with E-state index in [9.17, 15) is 4.79 Å². The van der Waals surface area contributed by atoms with Gasteiger partial charge in [-0.3, -0.25) is 4.79 Å². The van der Waals surface area contributed by atoms with Crippen LogP contribution in [0.15, 0.2) is 51.2 Å². The first-order valence-corrected chi connectivity index (χ1v) is 5.43. The second kappa shape index (κ2) is 4.51. The lowest BCUT2D eigenvalue weighted by Crippen LogP contribution is -2.09. The lowest BCUT2D eigenvalue weighted by molar-refractivity contribution is 0.998. The highest BCUT2D eigenvalue weighted by atomic mass is 35.5. The molecule has 1 heterocycles. The summed E-state index contributed by atoms with van der Waals surface area (Å²) in [6, 6.07) is 9.54. The van der Waals surface area contributed by atoms with E-state index >= 15 is 0 Å². The van der Waals surface area contributed by atoms with Gasteiger partial charge in [-0.2, -0.15) is 0 Å². The summed E-state index contributed by atoms with van der Waals surface area (Å²) in [6.07, 6.45) is 1.37. The Labute approximate surface area is 95.5 Å². The molecule has 0 spiro atoms. The molecule has 0 saturated heterocycles. The van der Waals surface area contributed by atoms with Crippen LogP contribution >= 0.6 is 23.4 Å². The molecule has 2 rings (SSSR count). The zero-order valence-corrected chi connectivity index (χ0v) is 9.18. The Morgan fingerprint density at radius 3 is 2.73 bits per heavy atom. The Morgan fingerprint density at radius 1 is 1.27 bits per heavy atom. The number of hydrogen-bond donors (Lipinski definition) is 1. The van der Waals surface area contributed by atoms with Crippen molar-refractivity contribution in [2.45, 2.75) is 9.92 Å². The van der Waals surface area contributed by atoms with Gasteiger partial charge in [0, 0.05) is 11.1 Å². The summed E-state index contributed by atoms with van der Waals surface area (Å²) in [4.78, 5) is 18.8. The summed E-state index contributed by atoms with van der Waals surface area (Å²) >= 11 is 6.98. The average Bonchev–Trinajstić information content (AvgIpc) is 2.25. The number of aromatic nitrogens is 2. The van der Waals surface area contributed by atoms with Crippen LogP contribution in [0.1, 0.15) is 0 Å². The van der Waals surface area contributed by atoms with Gasteiger partial charge in [-0.1, -0.05) is 41.6 Å². The summed E-state index contributed by atoms with van der Waals surface area (Å²) in [5.41, 5.74) is -0.228. The molecule has 1 aromatic carbocycles. The van der Waals surface area contributed by atoms with Crippen molar-refractivity contribution in [1.29, 1.82) is 0 Å². The van der Waals surface area contributed by atoms with Gasteiger partial charge < -0.3 is 4.98 Å². The van der Waals surface area contributed by atoms with Crippen molar-refractivity contribution in [3.05, 3.63) is 52.0 Å². The Hall–Kier alpha value is -1.26. The van der Waals surface area contributed by atoms with Crippen LogP contribution in [0.2, 0.25) is 5.15 Å². The number of H-pyrrole nitrogens is 1. The molecule has 0 atom stereocenters. The molecule has 5 heteroatoms. The minimum atomic E-state index is -0.228. The van der Waals surface area contributed by atoms with Crippen LogP contribution in [0.4, 0.5) is 0 Å². The third-order valence-corrected chi connectivity index (χ3v) is 2.85. The Kier molecular flexibility index (Phi) is 3.08. The molecule has 3 nitrogen and oxygen atoms in total. The molecule has 76 valence electrons. The van der Waals surface area contributed by atoms with Gasteiger partial charge >= 0.3 is 0 Å². The van der Waals surface area contributed by atoms with E-state index in [4.69, 9.17) is 11.6 Å². The summed E-state index contributed by atoms with van der Waals surface area (Å²) in [7, 11) is 0. The molecule has 0 unspecified atom stereocenters. The van der Waals surface area contributed by atoms with Crippen molar-refractivity contribution in [1.82, 2.24) is 9.97 Å². The first-order valence-electron chi connectivity index (χ1n) is 4.24. The van der Waals surface area contributed by atoms with Crippen molar-refractivity contribution in [3.8, 4) is 0 Å². The first kappa shape index (κ1) is 10.3. The van der Waals surface area contributed by atoms with E-state index in [1.165, 1.54) is 18.0 Å². The third kappa shape index (κ3) is 2.61. The van der Waals surface area contributed by atoms with Gasteiger partial charge in [0.2, 0.25) is 0 Å². The largest absolute Gasteiger partial charge is 0.324 e. The van der Waals surface area contributed by atoms with Crippen LogP contribution in [0.5, 0.6) is 0 Å². The maximum Gasteiger partial charge on any atom is 0.280 e. The molecule has 0 aliphatic rings. The minimum Gasteiger partial charge on any atom is -0.324 e. The molecule has 0 bridgehead atoms. The lowest BCUT2D eigenvalue weighted by atomic mass is 10.4. The van der Waals surface area contributed by atoms with Gasteiger partial charge in [0.1, 0.15) is 5.15 Å². The fraction of sp³-hybridized carbons (Fsp3) is 0. The van der Waals surface area contributed by atoms with Gasteiger partial charge in [-0.25, -0.2) is 4.98 Å². The van der Waals surface area contributed by atoms with E-state index in [-0.39, 0.29) is 10.7 Å².